The number of hydrogen-bond donors (Lipinski definition) is 2. The van der Waals surface area contributed by atoms with Crippen LogP contribution in [0.2, 0.25) is 0 Å². The lowest BCUT2D eigenvalue weighted by Crippen LogP contribution is -2.21. The third-order valence-corrected chi connectivity index (χ3v) is 5.34. The van der Waals surface area contributed by atoms with Gasteiger partial charge in [0, 0.05) is 5.56 Å². The van der Waals surface area contributed by atoms with E-state index in [-0.39, 0.29) is 11.5 Å². The molecule has 3 aromatic rings. The highest BCUT2D eigenvalue weighted by atomic mass is 16.5. The van der Waals surface area contributed by atoms with Gasteiger partial charge >= 0.3 is 0 Å². The molecule has 0 saturated carbocycles. The monoisotopic (exact) mass is 434 g/mol. The summed E-state index contributed by atoms with van der Waals surface area (Å²) >= 11 is 0. The first-order valence-corrected chi connectivity index (χ1v) is 9.66. The number of hydrogen-bond acceptors (Lipinski definition) is 8. The quantitative estimate of drug-likeness (QED) is 0.605. The van der Waals surface area contributed by atoms with Gasteiger partial charge in [-0.3, -0.25) is 5.10 Å². The fourth-order valence-electron chi connectivity index (χ4n) is 3.82. The first-order valence-electron chi connectivity index (χ1n) is 9.66. The number of methoxy groups -OCH3 is 4. The van der Waals surface area contributed by atoms with E-state index in [0.29, 0.717) is 45.7 Å². The van der Waals surface area contributed by atoms with Crippen molar-refractivity contribution in [3.63, 3.8) is 0 Å². The number of allylic oxidation sites excluding steroid dienone is 1. The number of ether oxygens (including phenoxy) is 5. The molecule has 0 saturated heterocycles. The van der Waals surface area contributed by atoms with Crippen LogP contribution in [0.4, 0.5) is 0 Å². The van der Waals surface area contributed by atoms with Crippen molar-refractivity contribution in [3.8, 4) is 46.2 Å². The molecule has 164 valence electrons. The van der Waals surface area contributed by atoms with E-state index in [1.54, 1.807) is 40.6 Å². The third-order valence-electron chi connectivity index (χ3n) is 5.34. The van der Waals surface area contributed by atoms with Crippen molar-refractivity contribution in [2.24, 2.45) is 5.73 Å². The largest absolute Gasteiger partial charge is 0.497 e. The second kappa shape index (κ2) is 8.43. The molecule has 0 fully saturated rings. The zero-order chi connectivity index (χ0) is 22.8. The van der Waals surface area contributed by atoms with Gasteiger partial charge in [-0.2, -0.15) is 5.26 Å². The zero-order valence-electron chi connectivity index (χ0n) is 18.1. The van der Waals surface area contributed by atoms with E-state index < -0.39 is 5.92 Å². The van der Waals surface area contributed by atoms with E-state index in [4.69, 9.17) is 29.4 Å². The summed E-state index contributed by atoms with van der Waals surface area (Å²) in [6.07, 6.45) is 0. The normalized spacial score (nSPS) is 14.8. The maximum Gasteiger partial charge on any atom is 0.244 e. The number of H-pyrrole nitrogens is 1. The molecule has 0 amide bonds. The van der Waals surface area contributed by atoms with E-state index in [1.165, 1.54) is 0 Å². The van der Waals surface area contributed by atoms with Crippen molar-refractivity contribution in [1.29, 1.82) is 5.26 Å². The van der Waals surface area contributed by atoms with Gasteiger partial charge in [0.1, 0.15) is 17.4 Å². The summed E-state index contributed by atoms with van der Waals surface area (Å²) in [5.41, 5.74) is 9.22. The molecule has 9 heteroatoms. The van der Waals surface area contributed by atoms with E-state index in [0.717, 1.165) is 5.56 Å². The summed E-state index contributed by atoms with van der Waals surface area (Å²) in [7, 11) is 6.23. The van der Waals surface area contributed by atoms with Crippen molar-refractivity contribution in [1.82, 2.24) is 10.2 Å². The molecule has 0 unspecified atom stereocenters. The molecule has 2 heterocycles. The molecule has 1 atom stereocenters. The molecule has 4 rings (SSSR count). The molecule has 0 radical (unpaired) electrons. The second-order valence-corrected chi connectivity index (χ2v) is 6.93. The first-order chi connectivity index (χ1) is 15.6. The number of fused-ring (bicyclic) bond motifs is 1. The van der Waals surface area contributed by atoms with Gasteiger partial charge in [-0.25, -0.2) is 0 Å². The Bertz CT molecular complexity index is 1200. The highest BCUT2D eigenvalue weighted by molar-refractivity contribution is 5.75. The average molecular weight is 434 g/mol. The van der Waals surface area contributed by atoms with Crippen LogP contribution in [0.3, 0.4) is 0 Å². The van der Waals surface area contributed by atoms with Crippen molar-refractivity contribution >= 4 is 0 Å². The number of nitriles is 1. The van der Waals surface area contributed by atoms with E-state index in [1.807, 2.05) is 24.3 Å². The Morgan fingerprint density at radius 1 is 1.00 bits per heavy atom. The lowest BCUT2D eigenvalue weighted by Gasteiger charge is -2.24. The molecular formula is C23H22N4O5. The molecule has 1 aliphatic rings. The number of rotatable bonds is 6. The molecule has 1 aliphatic heterocycles. The predicted molar refractivity (Wildman–Crippen MR) is 116 cm³/mol. The number of aromatic nitrogens is 2. The van der Waals surface area contributed by atoms with Gasteiger partial charge in [0.2, 0.25) is 17.5 Å². The lowest BCUT2D eigenvalue weighted by atomic mass is 9.83. The van der Waals surface area contributed by atoms with Crippen molar-refractivity contribution < 1.29 is 23.7 Å². The fourth-order valence-corrected chi connectivity index (χ4v) is 3.82. The second-order valence-electron chi connectivity index (χ2n) is 6.93. The number of nitrogens with one attached hydrogen (secondary N) is 1. The average Bonchev–Trinajstić information content (AvgIpc) is 3.25. The Hall–Kier alpha value is -4.32. The Kier molecular flexibility index (Phi) is 5.52. The minimum absolute atomic E-state index is 0.0174. The standard InChI is InChI=1S/C23H22N4O5/c1-28-14-7-5-12(6-8-14)18-15(11-24)22(25)32-23-19(18)20(26-27-23)13-9-16(29-2)21(31-4)17(10-13)30-3/h5-10,18H,25H2,1-4H3,(H,26,27)/t18-/m0/s1. The molecule has 0 aliphatic carbocycles. The first kappa shape index (κ1) is 20.9. The highest BCUT2D eigenvalue weighted by Gasteiger charge is 2.36. The van der Waals surface area contributed by atoms with Crippen molar-refractivity contribution in [3.05, 3.63) is 59.0 Å². The molecule has 0 spiro atoms. The molecule has 2 aromatic carbocycles. The van der Waals surface area contributed by atoms with Crippen LogP contribution in [0.25, 0.3) is 11.3 Å². The van der Waals surface area contributed by atoms with E-state index in [9.17, 15) is 5.26 Å². The van der Waals surface area contributed by atoms with Crippen LogP contribution >= 0.6 is 0 Å². The van der Waals surface area contributed by atoms with Crippen LogP contribution < -0.4 is 29.4 Å². The van der Waals surface area contributed by atoms with E-state index in [2.05, 4.69) is 16.3 Å². The molecule has 0 bridgehead atoms. The van der Waals surface area contributed by atoms with Gasteiger partial charge in [0.15, 0.2) is 11.5 Å². The van der Waals surface area contributed by atoms with Gasteiger partial charge in [0.25, 0.3) is 0 Å². The van der Waals surface area contributed by atoms with Crippen molar-refractivity contribution in [2.45, 2.75) is 5.92 Å². The summed E-state index contributed by atoms with van der Waals surface area (Å²) in [5, 5.41) is 17.2. The molecule has 1 aromatic heterocycles. The minimum atomic E-state index is -0.498. The van der Waals surface area contributed by atoms with Gasteiger partial charge in [-0.1, -0.05) is 12.1 Å². The highest BCUT2D eigenvalue weighted by Crippen LogP contribution is 2.48. The number of benzene rings is 2. The summed E-state index contributed by atoms with van der Waals surface area (Å²) in [5.74, 6) is 1.96. The van der Waals surface area contributed by atoms with Crippen LogP contribution in [0.5, 0.6) is 28.9 Å². The van der Waals surface area contributed by atoms with Gasteiger partial charge in [-0.05, 0) is 29.8 Å². The molecule has 32 heavy (non-hydrogen) atoms. The van der Waals surface area contributed by atoms with Gasteiger partial charge in [-0.15, -0.1) is 5.10 Å². The number of nitrogens with zero attached hydrogens (tertiary/aromatic N) is 2. The third kappa shape index (κ3) is 3.32. The number of nitrogens with two attached hydrogens (primary N) is 1. The zero-order valence-corrected chi connectivity index (χ0v) is 18.1. The predicted octanol–water partition coefficient (Wildman–Crippen LogP) is 3.33. The maximum atomic E-state index is 9.87. The van der Waals surface area contributed by atoms with Crippen LogP contribution in [-0.2, 0) is 0 Å². The number of aromatic amines is 1. The maximum absolute atomic E-state index is 9.87. The molecular weight excluding hydrogens is 412 g/mol. The summed E-state index contributed by atoms with van der Waals surface area (Å²) in [6, 6.07) is 13.2. The molecule has 3 N–H and O–H groups in total. The van der Waals surface area contributed by atoms with Gasteiger partial charge < -0.3 is 29.4 Å². The van der Waals surface area contributed by atoms with Crippen LogP contribution in [0, 0.1) is 11.3 Å². The van der Waals surface area contributed by atoms with Gasteiger partial charge in [0.05, 0.1) is 45.6 Å². The Morgan fingerprint density at radius 2 is 1.66 bits per heavy atom. The SMILES string of the molecule is COc1ccc([C@H]2C(C#N)=C(N)Oc3n[nH]c(-c4cc(OC)c(OC)c(OC)c4)c32)cc1. The molecule has 9 nitrogen and oxygen atoms in total. The van der Waals surface area contributed by atoms with Crippen molar-refractivity contribution in [2.75, 3.05) is 28.4 Å². The summed E-state index contributed by atoms with van der Waals surface area (Å²) in [4.78, 5) is 0. The summed E-state index contributed by atoms with van der Waals surface area (Å²) < 4.78 is 27.3. The van der Waals surface area contributed by atoms with Crippen LogP contribution in [0.15, 0.2) is 47.9 Å². The Morgan fingerprint density at radius 3 is 2.19 bits per heavy atom. The minimum Gasteiger partial charge on any atom is -0.497 e. The fraction of sp³-hybridized carbons (Fsp3) is 0.217. The van der Waals surface area contributed by atoms with Crippen LogP contribution in [-0.4, -0.2) is 38.6 Å². The Labute approximate surface area is 184 Å². The Balaban J connectivity index is 1.93. The topological polar surface area (TPSA) is 125 Å². The van der Waals surface area contributed by atoms with E-state index >= 15 is 0 Å². The lowest BCUT2D eigenvalue weighted by molar-refractivity contribution is 0.324. The summed E-state index contributed by atoms with van der Waals surface area (Å²) in [6.45, 7) is 0. The smallest absolute Gasteiger partial charge is 0.244 e. The van der Waals surface area contributed by atoms with Crippen LogP contribution in [0.1, 0.15) is 17.0 Å².